The van der Waals surface area contributed by atoms with Gasteiger partial charge < -0.3 is 0 Å². The smallest absolute Gasteiger partial charge is 0.244 e. The molecular weight excluding hydrogens is 198 g/mol. The lowest BCUT2D eigenvalue weighted by Gasteiger charge is -1.97. The van der Waals surface area contributed by atoms with E-state index in [9.17, 15) is 0 Å². The monoisotopic (exact) mass is 216 g/mol. The molecule has 0 amide bonds. The largest absolute Gasteiger partial charge is 0.257 e. The van der Waals surface area contributed by atoms with E-state index in [0.717, 1.165) is 18.8 Å². The van der Waals surface area contributed by atoms with Crippen LogP contribution in [-0.4, -0.2) is 9.55 Å². The van der Waals surface area contributed by atoms with E-state index in [1.165, 1.54) is 11.4 Å². The summed E-state index contributed by atoms with van der Waals surface area (Å²) in [6, 6.07) is 6.04. The standard InChI is InChI=1S/C13H18N3/c1-4-15-10-16(12(3)11(15)2)9-13-7-5-6-8-14-13/h5-8,10H,4,9H2,1-3H3/q+1. The van der Waals surface area contributed by atoms with E-state index >= 15 is 0 Å². The van der Waals surface area contributed by atoms with Gasteiger partial charge >= 0.3 is 0 Å². The van der Waals surface area contributed by atoms with Crippen LogP contribution in [0.15, 0.2) is 30.7 Å². The quantitative estimate of drug-likeness (QED) is 0.718. The van der Waals surface area contributed by atoms with Crippen molar-refractivity contribution in [1.82, 2.24) is 9.55 Å². The highest BCUT2D eigenvalue weighted by Gasteiger charge is 2.14. The molecule has 0 spiro atoms. The van der Waals surface area contributed by atoms with Gasteiger partial charge in [-0.15, -0.1) is 0 Å². The fraction of sp³-hybridized carbons (Fsp3) is 0.385. The van der Waals surface area contributed by atoms with Crippen molar-refractivity contribution < 1.29 is 4.57 Å². The summed E-state index contributed by atoms with van der Waals surface area (Å²) in [7, 11) is 0. The van der Waals surface area contributed by atoms with Crippen LogP contribution >= 0.6 is 0 Å². The molecule has 2 aromatic heterocycles. The molecule has 2 heterocycles. The Kier molecular flexibility index (Phi) is 3.04. The van der Waals surface area contributed by atoms with Crippen molar-refractivity contribution in [3.05, 3.63) is 47.8 Å². The minimum atomic E-state index is 0.848. The van der Waals surface area contributed by atoms with E-state index in [1.807, 2.05) is 18.3 Å². The van der Waals surface area contributed by atoms with E-state index in [1.54, 1.807) is 0 Å². The molecule has 0 saturated carbocycles. The Hall–Kier alpha value is -1.64. The Morgan fingerprint density at radius 1 is 1.31 bits per heavy atom. The van der Waals surface area contributed by atoms with E-state index in [2.05, 4.69) is 47.3 Å². The minimum absolute atomic E-state index is 0.848. The molecule has 0 bridgehead atoms. The van der Waals surface area contributed by atoms with Crippen molar-refractivity contribution >= 4 is 0 Å². The Balaban J connectivity index is 2.29. The summed E-state index contributed by atoms with van der Waals surface area (Å²) in [5.74, 6) is 0. The maximum Gasteiger partial charge on any atom is 0.244 e. The van der Waals surface area contributed by atoms with Gasteiger partial charge in [-0.2, -0.15) is 0 Å². The third-order valence-corrected chi connectivity index (χ3v) is 3.06. The van der Waals surface area contributed by atoms with Crippen molar-refractivity contribution in [2.24, 2.45) is 0 Å². The molecule has 0 aliphatic heterocycles. The summed E-state index contributed by atoms with van der Waals surface area (Å²) in [6.45, 7) is 8.35. The van der Waals surface area contributed by atoms with Crippen LogP contribution in [0.5, 0.6) is 0 Å². The molecule has 2 aromatic rings. The third kappa shape index (κ3) is 1.98. The number of aromatic nitrogens is 3. The number of imidazole rings is 1. The molecule has 0 saturated heterocycles. The van der Waals surface area contributed by atoms with Gasteiger partial charge in [0.1, 0.15) is 17.9 Å². The van der Waals surface area contributed by atoms with Gasteiger partial charge in [0.2, 0.25) is 6.33 Å². The summed E-state index contributed by atoms with van der Waals surface area (Å²) in [4.78, 5) is 4.35. The van der Waals surface area contributed by atoms with Gasteiger partial charge in [0, 0.05) is 20.0 Å². The topological polar surface area (TPSA) is 21.7 Å². The van der Waals surface area contributed by atoms with Crippen LogP contribution < -0.4 is 4.57 Å². The van der Waals surface area contributed by atoms with Gasteiger partial charge in [0.15, 0.2) is 0 Å². The fourth-order valence-corrected chi connectivity index (χ4v) is 1.90. The second kappa shape index (κ2) is 4.47. The first-order valence-corrected chi connectivity index (χ1v) is 5.68. The summed E-state index contributed by atoms with van der Waals surface area (Å²) in [5.41, 5.74) is 3.75. The average Bonchev–Trinajstić information content (AvgIpc) is 2.58. The van der Waals surface area contributed by atoms with Crippen LogP contribution in [0.3, 0.4) is 0 Å². The SMILES string of the molecule is CCn1c[n+](Cc2ccccn2)c(C)c1C. The number of nitrogens with zero attached hydrogens (tertiary/aromatic N) is 3. The van der Waals surface area contributed by atoms with Gasteiger partial charge in [-0.3, -0.25) is 4.98 Å². The first-order valence-electron chi connectivity index (χ1n) is 5.68. The lowest BCUT2D eigenvalue weighted by atomic mass is 10.3. The predicted octanol–water partition coefficient (Wildman–Crippen LogP) is 1.86. The van der Waals surface area contributed by atoms with Crippen LogP contribution in [0.25, 0.3) is 0 Å². The summed E-state index contributed by atoms with van der Waals surface area (Å²) in [6.07, 6.45) is 4.01. The normalized spacial score (nSPS) is 10.7. The highest BCUT2D eigenvalue weighted by atomic mass is 15.1. The van der Waals surface area contributed by atoms with Crippen molar-refractivity contribution in [1.29, 1.82) is 0 Å². The van der Waals surface area contributed by atoms with Gasteiger partial charge in [0.25, 0.3) is 0 Å². The maximum absolute atomic E-state index is 4.35. The Morgan fingerprint density at radius 3 is 2.69 bits per heavy atom. The molecule has 3 nitrogen and oxygen atoms in total. The van der Waals surface area contributed by atoms with E-state index in [-0.39, 0.29) is 0 Å². The zero-order chi connectivity index (χ0) is 11.5. The Bertz CT molecular complexity index is 471. The van der Waals surface area contributed by atoms with Crippen LogP contribution in [0, 0.1) is 13.8 Å². The van der Waals surface area contributed by atoms with Crippen LogP contribution in [0.4, 0.5) is 0 Å². The number of hydrogen-bond donors (Lipinski definition) is 0. The molecular formula is C13H18N3+. The van der Waals surface area contributed by atoms with Crippen molar-refractivity contribution in [3.63, 3.8) is 0 Å². The molecule has 2 rings (SSSR count). The molecule has 16 heavy (non-hydrogen) atoms. The van der Waals surface area contributed by atoms with Gasteiger partial charge in [-0.25, -0.2) is 9.13 Å². The first kappa shape index (κ1) is 10.9. The molecule has 84 valence electrons. The Morgan fingerprint density at radius 2 is 2.12 bits per heavy atom. The maximum atomic E-state index is 4.35. The van der Waals surface area contributed by atoms with Crippen LogP contribution in [-0.2, 0) is 13.1 Å². The number of hydrogen-bond acceptors (Lipinski definition) is 1. The molecule has 0 fully saturated rings. The molecule has 0 N–H and O–H groups in total. The second-order valence-electron chi connectivity index (χ2n) is 4.02. The van der Waals surface area contributed by atoms with Gasteiger partial charge in [0.05, 0.1) is 12.2 Å². The molecule has 3 heteroatoms. The van der Waals surface area contributed by atoms with Crippen LogP contribution in [0.2, 0.25) is 0 Å². The zero-order valence-electron chi connectivity index (χ0n) is 10.1. The summed E-state index contributed by atoms with van der Waals surface area (Å²) in [5, 5.41) is 0. The molecule has 0 aliphatic rings. The van der Waals surface area contributed by atoms with Crippen molar-refractivity contribution in [2.75, 3.05) is 0 Å². The van der Waals surface area contributed by atoms with E-state index in [0.29, 0.717) is 0 Å². The van der Waals surface area contributed by atoms with E-state index < -0.39 is 0 Å². The number of rotatable bonds is 3. The molecule has 0 aromatic carbocycles. The first-order chi connectivity index (χ1) is 7.72. The minimum Gasteiger partial charge on any atom is -0.257 e. The Labute approximate surface area is 96.4 Å². The number of aryl methyl sites for hydroxylation is 1. The molecule has 0 atom stereocenters. The van der Waals surface area contributed by atoms with Crippen LogP contribution in [0.1, 0.15) is 24.0 Å². The predicted molar refractivity (Wildman–Crippen MR) is 63.1 cm³/mol. The highest BCUT2D eigenvalue weighted by Crippen LogP contribution is 2.03. The van der Waals surface area contributed by atoms with Gasteiger partial charge in [-0.05, 0) is 19.1 Å². The molecule has 0 radical (unpaired) electrons. The number of pyridine rings is 1. The second-order valence-corrected chi connectivity index (χ2v) is 4.02. The summed E-state index contributed by atoms with van der Waals surface area (Å²) >= 11 is 0. The highest BCUT2D eigenvalue weighted by molar-refractivity contribution is 5.05. The fourth-order valence-electron chi connectivity index (χ4n) is 1.90. The molecule has 0 aliphatic carbocycles. The lowest BCUT2D eigenvalue weighted by molar-refractivity contribution is -0.694. The average molecular weight is 216 g/mol. The van der Waals surface area contributed by atoms with Crippen molar-refractivity contribution in [2.45, 2.75) is 33.9 Å². The molecule has 0 unspecified atom stereocenters. The van der Waals surface area contributed by atoms with E-state index in [4.69, 9.17) is 0 Å². The summed E-state index contributed by atoms with van der Waals surface area (Å²) < 4.78 is 4.51. The third-order valence-electron chi connectivity index (χ3n) is 3.06. The van der Waals surface area contributed by atoms with Crippen molar-refractivity contribution in [3.8, 4) is 0 Å². The van der Waals surface area contributed by atoms with Gasteiger partial charge in [-0.1, -0.05) is 6.07 Å². The zero-order valence-corrected chi connectivity index (χ0v) is 10.1. The lowest BCUT2D eigenvalue weighted by Crippen LogP contribution is -2.35.